The highest BCUT2D eigenvalue weighted by Crippen LogP contribution is 2.06. The molecule has 4 heteroatoms. The summed E-state index contributed by atoms with van der Waals surface area (Å²) in [6, 6.07) is 0. The van der Waals surface area contributed by atoms with Gasteiger partial charge in [-0.25, -0.2) is 0 Å². The van der Waals surface area contributed by atoms with Crippen LogP contribution in [0, 0.1) is 5.92 Å². The molecule has 1 atom stereocenters. The lowest BCUT2D eigenvalue weighted by Crippen LogP contribution is -2.54. The van der Waals surface area contributed by atoms with Gasteiger partial charge in [-0.05, 0) is 26.3 Å². The number of hydrogen-bond acceptors (Lipinski definition) is 3. The zero-order valence-electron chi connectivity index (χ0n) is 9.46. The Bertz CT molecular complexity index is 182. The van der Waals surface area contributed by atoms with Gasteiger partial charge in [-0.15, -0.1) is 0 Å². The number of nitrogens with one attached hydrogen (secondary N) is 1. The Morgan fingerprint density at radius 1 is 1.57 bits per heavy atom. The van der Waals surface area contributed by atoms with Crippen molar-refractivity contribution in [3.8, 4) is 0 Å². The van der Waals surface area contributed by atoms with E-state index in [1.165, 1.54) is 0 Å². The largest absolute Gasteiger partial charge is 0.480 e. The fourth-order valence-electron chi connectivity index (χ4n) is 0.924. The molecule has 0 aliphatic rings. The fraction of sp³-hybridized carbons (Fsp3) is 0.900. The molecule has 0 spiro atoms. The molecule has 84 valence electrons. The molecule has 0 aromatic heterocycles. The second kappa shape index (κ2) is 5.98. The van der Waals surface area contributed by atoms with Crippen LogP contribution in [0.5, 0.6) is 0 Å². The molecule has 0 aliphatic carbocycles. The molecule has 2 N–H and O–H groups in total. The number of rotatable bonds is 7. The van der Waals surface area contributed by atoms with Crippen molar-refractivity contribution in [3.63, 3.8) is 0 Å². The third kappa shape index (κ3) is 4.58. The molecule has 0 saturated carbocycles. The number of ether oxygens (including phenoxy) is 1. The van der Waals surface area contributed by atoms with Crippen LogP contribution >= 0.6 is 0 Å². The number of carboxylic acids is 1. The summed E-state index contributed by atoms with van der Waals surface area (Å²) in [5, 5.41) is 12.0. The molecule has 0 heterocycles. The Morgan fingerprint density at radius 3 is 2.50 bits per heavy atom. The van der Waals surface area contributed by atoms with E-state index in [1.54, 1.807) is 6.92 Å². The van der Waals surface area contributed by atoms with Crippen LogP contribution in [0.15, 0.2) is 0 Å². The summed E-state index contributed by atoms with van der Waals surface area (Å²) in [6.07, 6.45) is 0. The Morgan fingerprint density at radius 2 is 2.14 bits per heavy atom. The van der Waals surface area contributed by atoms with Crippen LogP contribution in [-0.2, 0) is 9.53 Å². The highest BCUT2D eigenvalue weighted by molar-refractivity contribution is 5.78. The van der Waals surface area contributed by atoms with Crippen LogP contribution in [0.1, 0.15) is 27.7 Å². The van der Waals surface area contributed by atoms with E-state index in [1.807, 2.05) is 20.8 Å². The van der Waals surface area contributed by atoms with Gasteiger partial charge in [-0.3, -0.25) is 10.1 Å². The van der Waals surface area contributed by atoms with E-state index in [4.69, 9.17) is 9.84 Å². The molecule has 1 unspecified atom stereocenters. The summed E-state index contributed by atoms with van der Waals surface area (Å²) in [7, 11) is 0. The highest BCUT2D eigenvalue weighted by Gasteiger charge is 2.32. The predicted octanol–water partition coefficient (Wildman–Crippen LogP) is 1.11. The lowest BCUT2D eigenvalue weighted by molar-refractivity contribution is -0.146. The van der Waals surface area contributed by atoms with Crippen LogP contribution in [0.3, 0.4) is 0 Å². The molecule has 0 fully saturated rings. The molecule has 0 rings (SSSR count). The summed E-state index contributed by atoms with van der Waals surface area (Å²) >= 11 is 0. The summed E-state index contributed by atoms with van der Waals surface area (Å²) in [5.74, 6) is -0.443. The van der Waals surface area contributed by atoms with Gasteiger partial charge in [0.1, 0.15) is 5.54 Å². The minimum atomic E-state index is -0.972. The number of aliphatic carboxylic acids is 1. The van der Waals surface area contributed by atoms with E-state index in [2.05, 4.69) is 5.32 Å². The van der Waals surface area contributed by atoms with E-state index in [0.717, 1.165) is 0 Å². The second-order valence-corrected chi connectivity index (χ2v) is 4.05. The average molecular weight is 203 g/mol. The van der Waals surface area contributed by atoms with Crippen LogP contribution < -0.4 is 5.32 Å². The summed E-state index contributed by atoms with van der Waals surface area (Å²) < 4.78 is 5.15. The minimum Gasteiger partial charge on any atom is -0.480 e. The standard InChI is InChI=1S/C10H21NO3/c1-5-14-7-10(4,9(12)13)11-6-8(2)3/h8,11H,5-7H2,1-4H3,(H,12,13). The molecular formula is C10H21NO3. The van der Waals surface area contributed by atoms with Crippen molar-refractivity contribution in [1.29, 1.82) is 0 Å². The van der Waals surface area contributed by atoms with Gasteiger partial charge in [-0.2, -0.15) is 0 Å². The van der Waals surface area contributed by atoms with Crippen LogP contribution in [0.25, 0.3) is 0 Å². The van der Waals surface area contributed by atoms with Crippen molar-refractivity contribution >= 4 is 5.97 Å². The van der Waals surface area contributed by atoms with Gasteiger partial charge in [0.15, 0.2) is 0 Å². The third-order valence-corrected chi connectivity index (χ3v) is 1.97. The molecular weight excluding hydrogens is 182 g/mol. The van der Waals surface area contributed by atoms with Gasteiger partial charge in [-0.1, -0.05) is 13.8 Å². The molecule has 0 saturated heterocycles. The highest BCUT2D eigenvalue weighted by atomic mass is 16.5. The van der Waals surface area contributed by atoms with Crippen molar-refractivity contribution in [3.05, 3.63) is 0 Å². The van der Waals surface area contributed by atoms with E-state index < -0.39 is 11.5 Å². The van der Waals surface area contributed by atoms with Gasteiger partial charge in [0.05, 0.1) is 6.61 Å². The lowest BCUT2D eigenvalue weighted by Gasteiger charge is -2.26. The van der Waals surface area contributed by atoms with Crippen LogP contribution in [-0.4, -0.2) is 36.4 Å². The van der Waals surface area contributed by atoms with E-state index >= 15 is 0 Å². The Labute approximate surface area is 85.6 Å². The number of carbonyl (C=O) groups is 1. The van der Waals surface area contributed by atoms with Gasteiger partial charge in [0, 0.05) is 6.61 Å². The molecule has 0 amide bonds. The lowest BCUT2D eigenvalue weighted by atomic mass is 10.0. The zero-order valence-corrected chi connectivity index (χ0v) is 9.46. The van der Waals surface area contributed by atoms with Crippen LogP contribution in [0.4, 0.5) is 0 Å². The average Bonchev–Trinajstić information content (AvgIpc) is 2.11. The van der Waals surface area contributed by atoms with Crippen molar-refractivity contribution in [2.75, 3.05) is 19.8 Å². The summed E-state index contributed by atoms with van der Waals surface area (Å²) in [4.78, 5) is 11.0. The maximum absolute atomic E-state index is 11.0. The maximum atomic E-state index is 11.0. The second-order valence-electron chi connectivity index (χ2n) is 4.05. The van der Waals surface area contributed by atoms with E-state index in [-0.39, 0.29) is 6.61 Å². The Balaban J connectivity index is 4.17. The number of carboxylic acid groups (broad SMARTS) is 1. The Kier molecular flexibility index (Phi) is 5.72. The SMILES string of the molecule is CCOCC(C)(NCC(C)C)C(=O)O. The first kappa shape index (κ1) is 13.4. The normalized spacial score (nSPS) is 15.5. The van der Waals surface area contributed by atoms with Crippen molar-refractivity contribution in [1.82, 2.24) is 5.32 Å². The van der Waals surface area contributed by atoms with E-state index in [0.29, 0.717) is 19.1 Å². The molecule has 0 bridgehead atoms. The van der Waals surface area contributed by atoms with Gasteiger partial charge >= 0.3 is 5.97 Å². The van der Waals surface area contributed by atoms with E-state index in [9.17, 15) is 4.79 Å². The summed E-state index contributed by atoms with van der Waals surface area (Å²) in [6.45, 7) is 8.98. The van der Waals surface area contributed by atoms with Gasteiger partial charge < -0.3 is 9.84 Å². The topological polar surface area (TPSA) is 58.6 Å². The minimum absolute atomic E-state index is 0.200. The fourth-order valence-corrected chi connectivity index (χ4v) is 0.924. The predicted molar refractivity (Wildman–Crippen MR) is 55.4 cm³/mol. The number of hydrogen-bond donors (Lipinski definition) is 2. The van der Waals surface area contributed by atoms with Crippen LogP contribution in [0.2, 0.25) is 0 Å². The van der Waals surface area contributed by atoms with Gasteiger partial charge in [0.2, 0.25) is 0 Å². The van der Waals surface area contributed by atoms with Crippen molar-refractivity contribution < 1.29 is 14.6 Å². The molecule has 4 nitrogen and oxygen atoms in total. The zero-order chi connectivity index (χ0) is 11.2. The molecule has 0 aromatic carbocycles. The molecule has 14 heavy (non-hydrogen) atoms. The first-order valence-corrected chi connectivity index (χ1v) is 4.98. The first-order valence-electron chi connectivity index (χ1n) is 4.98. The van der Waals surface area contributed by atoms with Crippen molar-refractivity contribution in [2.45, 2.75) is 33.2 Å². The third-order valence-electron chi connectivity index (χ3n) is 1.97. The Hall–Kier alpha value is -0.610. The molecule has 0 aromatic rings. The summed E-state index contributed by atoms with van der Waals surface area (Å²) in [5.41, 5.74) is -0.972. The maximum Gasteiger partial charge on any atom is 0.326 e. The molecule has 0 aliphatic heterocycles. The monoisotopic (exact) mass is 203 g/mol. The van der Waals surface area contributed by atoms with Gasteiger partial charge in [0.25, 0.3) is 0 Å². The smallest absolute Gasteiger partial charge is 0.326 e. The first-order chi connectivity index (χ1) is 6.42. The van der Waals surface area contributed by atoms with Crippen molar-refractivity contribution in [2.24, 2.45) is 5.92 Å². The quantitative estimate of drug-likeness (QED) is 0.651. The molecule has 0 radical (unpaired) electrons.